The van der Waals surface area contributed by atoms with E-state index in [4.69, 9.17) is 5.11 Å². The third-order valence-electron chi connectivity index (χ3n) is 3.32. The number of carbonyl (C=O) groups is 5. The standard InChI is InChI=1S/C17H28N2O6/c1-17(2,3)9-8-15(23)19-10-12(20)4-6-14(22)18-11-13(21)5-7-16(24)25/h4-11H2,1-3H3,(H,18,22)(H,19,23)(H,24,25). The molecule has 8 heteroatoms. The second-order valence-corrected chi connectivity index (χ2v) is 7.09. The Balaban J connectivity index is 3.83. The molecule has 0 atom stereocenters. The topological polar surface area (TPSA) is 130 Å². The Morgan fingerprint density at radius 2 is 1.16 bits per heavy atom. The van der Waals surface area contributed by atoms with E-state index in [1.807, 2.05) is 20.8 Å². The number of Topliss-reactive ketones (excluding diaryl/α,β-unsaturated/α-hetero) is 2. The monoisotopic (exact) mass is 356 g/mol. The molecule has 0 saturated carbocycles. The largest absolute Gasteiger partial charge is 0.481 e. The fraction of sp³-hybridized carbons (Fsp3) is 0.706. The van der Waals surface area contributed by atoms with E-state index in [-0.39, 0.29) is 61.7 Å². The Bertz CT molecular complexity index is 508. The molecule has 0 unspecified atom stereocenters. The van der Waals surface area contributed by atoms with Crippen molar-refractivity contribution in [2.75, 3.05) is 13.1 Å². The van der Waals surface area contributed by atoms with E-state index in [2.05, 4.69) is 10.6 Å². The molecule has 0 aliphatic carbocycles. The van der Waals surface area contributed by atoms with Gasteiger partial charge < -0.3 is 15.7 Å². The van der Waals surface area contributed by atoms with Crippen molar-refractivity contribution in [3.05, 3.63) is 0 Å². The molecular formula is C17H28N2O6. The zero-order valence-electron chi connectivity index (χ0n) is 15.1. The Kier molecular flexibility index (Phi) is 10.3. The highest BCUT2D eigenvalue weighted by Gasteiger charge is 2.14. The van der Waals surface area contributed by atoms with Crippen LogP contribution in [0.5, 0.6) is 0 Å². The van der Waals surface area contributed by atoms with E-state index >= 15 is 0 Å². The van der Waals surface area contributed by atoms with E-state index in [0.29, 0.717) is 12.8 Å². The molecule has 0 bridgehead atoms. The van der Waals surface area contributed by atoms with Crippen LogP contribution in [0.15, 0.2) is 0 Å². The van der Waals surface area contributed by atoms with Gasteiger partial charge in [-0.3, -0.25) is 24.0 Å². The first-order chi connectivity index (χ1) is 11.5. The van der Waals surface area contributed by atoms with Crippen molar-refractivity contribution < 1.29 is 29.1 Å². The SMILES string of the molecule is CC(C)(C)CCC(=O)NCC(=O)CCC(=O)NCC(=O)CCC(=O)O. The number of aliphatic carboxylic acids is 1. The molecule has 0 fully saturated rings. The van der Waals surface area contributed by atoms with Crippen molar-refractivity contribution >= 4 is 29.4 Å². The molecule has 8 nitrogen and oxygen atoms in total. The maximum absolute atomic E-state index is 11.6. The number of carboxylic acids is 1. The predicted octanol–water partition coefficient (Wildman–Crippen LogP) is 0.828. The molecule has 3 N–H and O–H groups in total. The summed E-state index contributed by atoms with van der Waals surface area (Å²) in [6, 6.07) is 0. The molecule has 0 rings (SSSR count). The smallest absolute Gasteiger partial charge is 0.303 e. The van der Waals surface area contributed by atoms with Gasteiger partial charge in [-0.25, -0.2) is 0 Å². The average molecular weight is 356 g/mol. The summed E-state index contributed by atoms with van der Waals surface area (Å²) < 4.78 is 0. The number of hydrogen-bond acceptors (Lipinski definition) is 5. The van der Waals surface area contributed by atoms with Gasteiger partial charge in [0.2, 0.25) is 11.8 Å². The first kappa shape index (κ1) is 22.8. The summed E-state index contributed by atoms with van der Waals surface area (Å²) >= 11 is 0. The molecule has 0 aliphatic rings. The van der Waals surface area contributed by atoms with Crippen LogP contribution in [-0.4, -0.2) is 47.5 Å². The highest BCUT2D eigenvalue weighted by atomic mass is 16.4. The minimum Gasteiger partial charge on any atom is -0.481 e. The lowest BCUT2D eigenvalue weighted by molar-refractivity contribution is -0.138. The van der Waals surface area contributed by atoms with E-state index in [1.54, 1.807) is 0 Å². The zero-order chi connectivity index (χ0) is 19.5. The Morgan fingerprint density at radius 1 is 0.720 bits per heavy atom. The third kappa shape index (κ3) is 15.0. The van der Waals surface area contributed by atoms with E-state index < -0.39 is 11.9 Å². The van der Waals surface area contributed by atoms with Gasteiger partial charge in [-0.05, 0) is 11.8 Å². The number of ketones is 2. The molecule has 2 amide bonds. The Labute approximate surface area is 147 Å². The number of hydrogen-bond donors (Lipinski definition) is 3. The van der Waals surface area contributed by atoms with Gasteiger partial charge in [-0.1, -0.05) is 20.8 Å². The summed E-state index contributed by atoms with van der Waals surface area (Å²) in [6.07, 6.45) is 0.524. The lowest BCUT2D eigenvalue weighted by Gasteiger charge is -2.17. The summed E-state index contributed by atoms with van der Waals surface area (Å²) in [6.45, 7) is 5.71. The van der Waals surface area contributed by atoms with Crippen molar-refractivity contribution in [2.45, 2.75) is 59.3 Å². The van der Waals surface area contributed by atoms with Crippen LogP contribution in [0, 0.1) is 5.41 Å². The number of nitrogens with one attached hydrogen (secondary N) is 2. The van der Waals surface area contributed by atoms with Crippen LogP contribution in [-0.2, 0) is 24.0 Å². The molecule has 142 valence electrons. The minimum absolute atomic E-state index is 0.0330. The Morgan fingerprint density at radius 3 is 1.60 bits per heavy atom. The van der Waals surface area contributed by atoms with Crippen molar-refractivity contribution in [1.82, 2.24) is 10.6 Å². The number of amides is 2. The summed E-state index contributed by atoms with van der Waals surface area (Å²) in [5.41, 5.74) is 0.0430. The fourth-order valence-corrected chi connectivity index (χ4v) is 1.74. The van der Waals surface area contributed by atoms with E-state index in [0.717, 1.165) is 0 Å². The van der Waals surface area contributed by atoms with Crippen molar-refractivity contribution in [3.8, 4) is 0 Å². The first-order valence-corrected chi connectivity index (χ1v) is 8.28. The van der Waals surface area contributed by atoms with Crippen molar-refractivity contribution in [2.24, 2.45) is 5.41 Å². The normalized spacial score (nSPS) is 10.8. The van der Waals surface area contributed by atoms with Gasteiger partial charge in [0.05, 0.1) is 19.5 Å². The van der Waals surface area contributed by atoms with Crippen LogP contribution in [0.3, 0.4) is 0 Å². The van der Waals surface area contributed by atoms with Crippen molar-refractivity contribution in [1.29, 1.82) is 0 Å². The van der Waals surface area contributed by atoms with Gasteiger partial charge in [0.1, 0.15) is 0 Å². The quantitative estimate of drug-likeness (QED) is 0.475. The number of rotatable bonds is 12. The van der Waals surface area contributed by atoms with Gasteiger partial charge in [-0.15, -0.1) is 0 Å². The van der Waals surface area contributed by atoms with Gasteiger partial charge in [0.15, 0.2) is 11.6 Å². The average Bonchev–Trinajstić information content (AvgIpc) is 2.51. The highest BCUT2D eigenvalue weighted by Crippen LogP contribution is 2.20. The summed E-state index contributed by atoms with van der Waals surface area (Å²) in [5.74, 6) is -2.38. The lowest BCUT2D eigenvalue weighted by Crippen LogP contribution is -2.32. The fourth-order valence-electron chi connectivity index (χ4n) is 1.74. The second-order valence-electron chi connectivity index (χ2n) is 7.09. The summed E-state index contributed by atoms with van der Waals surface area (Å²) in [5, 5.41) is 13.3. The molecule has 0 aliphatic heterocycles. The number of carboxylic acid groups (broad SMARTS) is 1. The molecule has 0 saturated heterocycles. The maximum Gasteiger partial charge on any atom is 0.303 e. The van der Waals surface area contributed by atoms with Gasteiger partial charge in [0.25, 0.3) is 0 Å². The van der Waals surface area contributed by atoms with Gasteiger partial charge >= 0.3 is 5.97 Å². The molecule has 0 spiro atoms. The first-order valence-electron chi connectivity index (χ1n) is 8.28. The van der Waals surface area contributed by atoms with E-state index in [1.165, 1.54) is 0 Å². The van der Waals surface area contributed by atoms with Crippen molar-refractivity contribution in [3.63, 3.8) is 0 Å². The molecule has 0 aromatic rings. The molecule has 0 heterocycles. The number of carbonyl (C=O) groups excluding carboxylic acids is 4. The summed E-state index contributed by atoms with van der Waals surface area (Å²) in [7, 11) is 0. The predicted molar refractivity (Wildman–Crippen MR) is 90.8 cm³/mol. The van der Waals surface area contributed by atoms with Crippen LogP contribution in [0.25, 0.3) is 0 Å². The zero-order valence-corrected chi connectivity index (χ0v) is 15.1. The van der Waals surface area contributed by atoms with Crippen LogP contribution in [0.2, 0.25) is 0 Å². The van der Waals surface area contributed by atoms with Crippen LogP contribution < -0.4 is 10.6 Å². The molecule has 25 heavy (non-hydrogen) atoms. The minimum atomic E-state index is -1.07. The van der Waals surface area contributed by atoms with Crippen LogP contribution >= 0.6 is 0 Å². The molecule has 0 aromatic carbocycles. The van der Waals surface area contributed by atoms with Crippen LogP contribution in [0.1, 0.15) is 59.3 Å². The van der Waals surface area contributed by atoms with Gasteiger partial charge in [-0.2, -0.15) is 0 Å². The molecule has 0 aromatic heterocycles. The lowest BCUT2D eigenvalue weighted by atomic mass is 9.90. The third-order valence-corrected chi connectivity index (χ3v) is 3.32. The molecule has 0 radical (unpaired) electrons. The Hall–Kier alpha value is -2.25. The van der Waals surface area contributed by atoms with Crippen LogP contribution in [0.4, 0.5) is 0 Å². The highest BCUT2D eigenvalue weighted by molar-refractivity contribution is 5.91. The van der Waals surface area contributed by atoms with Gasteiger partial charge in [0, 0.05) is 25.7 Å². The second kappa shape index (κ2) is 11.3. The maximum atomic E-state index is 11.6. The molecular weight excluding hydrogens is 328 g/mol. The summed E-state index contributed by atoms with van der Waals surface area (Å²) in [4.78, 5) is 56.4. The van der Waals surface area contributed by atoms with E-state index in [9.17, 15) is 24.0 Å².